The highest BCUT2D eigenvalue weighted by Gasteiger charge is 2.36. The lowest BCUT2D eigenvalue weighted by atomic mass is 10.1. The second kappa shape index (κ2) is 7.24. The molecule has 1 aliphatic rings. The number of fused-ring (bicyclic) bond motifs is 1. The number of rotatable bonds is 6. The topological polar surface area (TPSA) is 59.7 Å². The van der Waals surface area contributed by atoms with Crippen LogP contribution in [0.5, 0.6) is 0 Å². The molecular formula is C25H25NO4. The Morgan fingerprint density at radius 1 is 1.07 bits per heavy atom. The third-order valence-electron chi connectivity index (χ3n) is 6.01. The van der Waals surface area contributed by atoms with Crippen molar-refractivity contribution < 1.29 is 18.0 Å². The number of carbonyl (C=O) groups is 1. The zero-order valence-corrected chi connectivity index (χ0v) is 17.5. The van der Waals surface area contributed by atoms with E-state index in [9.17, 15) is 4.79 Å². The van der Waals surface area contributed by atoms with Crippen LogP contribution < -0.4 is 0 Å². The van der Waals surface area contributed by atoms with E-state index in [1.54, 1.807) is 11.2 Å². The molecule has 1 aromatic carbocycles. The van der Waals surface area contributed by atoms with Gasteiger partial charge in [-0.25, -0.2) is 0 Å². The summed E-state index contributed by atoms with van der Waals surface area (Å²) in [4.78, 5) is 15.2. The lowest BCUT2D eigenvalue weighted by Crippen LogP contribution is -2.30. The number of hydrogen-bond acceptors (Lipinski definition) is 4. The van der Waals surface area contributed by atoms with Gasteiger partial charge in [0.15, 0.2) is 5.76 Å². The number of hydrogen-bond donors (Lipinski definition) is 0. The minimum atomic E-state index is -0.171. The Balaban J connectivity index is 1.46. The molecule has 1 fully saturated rings. The van der Waals surface area contributed by atoms with Crippen LogP contribution >= 0.6 is 0 Å². The van der Waals surface area contributed by atoms with Gasteiger partial charge in [-0.05, 0) is 62.1 Å². The van der Waals surface area contributed by atoms with Crippen molar-refractivity contribution in [2.45, 2.75) is 46.2 Å². The van der Waals surface area contributed by atoms with Gasteiger partial charge in [0, 0.05) is 16.9 Å². The lowest BCUT2D eigenvalue weighted by molar-refractivity contribution is 0.0673. The van der Waals surface area contributed by atoms with E-state index in [0.717, 1.165) is 39.4 Å². The Morgan fingerprint density at radius 2 is 1.87 bits per heavy atom. The molecule has 1 amide bonds. The van der Waals surface area contributed by atoms with Crippen molar-refractivity contribution >= 4 is 16.9 Å². The van der Waals surface area contributed by atoms with Crippen LogP contribution in [0.25, 0.3) is 11.0 Å². The van der Waals surface area contributed by atoms with Crippen LogP contribution in [-0.2, 0) is 13.1 Å². The van der Waals surface area contributed by atoms with Gasteiger partial charge in [-0.3, -0.25) is 4.79 Å². The van der Waals surface area contributed by atoms with Gasteiger partial charge in [-0.2, -0.15) is 0 Å². The van der Waals surface area contributed by atoms with Crippen LogP contribution in [0.1, 0.15) is 58.2 Å². The van der Waals surface area contributed by atoms with Crippen LogP contribution in [0, 0.1) is 19.8 Å². The Morgan fingerprint density at radius 3 is 2.60 bits per heavy atom. The molecule has 0 spiro atoms. The Hall–Kier alpha value is -3.21. The van der Waals surface area contributed by atoms with E-state index in [0.29, 0.717) is 30.7 Å². The number of furan rings is 3. The predicted molar refractivity (Wildman–Crippen MR) is 113 cm³/mol. The molecule has 30 heavy (non-hydrogen) atoms. The molecule has 0 N–H and O–H groups in total. The molecule has 0 radical (unpaired) electrons. The van der Waals surface area contributed by atoms with Gasteiger partial charge in [0.05, 0.1) is 19.4 Å². The summed E-state index contributed by atoms with van der Waals surface area (Å²) in [5, 5.41) is 0.963. The average Bonchev–Trinajstić information content (AvgIpc) is 3.14. The predicted octanol–water partition coefficient (Wildman–Crippen LogP) is 6.20. The third kappa shape index (κ3) is 3.45. The summed E-state index contributed by atoms with van der Waals surface area (Å²) >= 11 is 0. The molecular weight excluding hydrogens is 378 g/mol. The summed E-state index contributed by atoms with van der Waals surface area (Å²) in [6, 6.07) is 13.7. The van der Waals surface area contributed by atoms with E-state index in [2.05, 4.69) is 6.92 Å². The van der Waals surface area contributed by atoms with Gasteiger partial charge in [0.2, 0.25) is 0 Å². The molecule has 3 aromatic heterocycles. The molecule has 0 aliphatic heterocycles. The quantitative estimate of drug-likeness (QED) is 0.384. The molecule has 2 atom stereocenters. The van der Waals surface area contributed by atoms with Crippen LogP contribution in [0.4, 0.5) is 0 Å². The number of nitrogens with zero attached hydrogens (tertiary/aromatic N) is 1. The lowest BCUT2D eigenvalue weighted by Gasteiger charge is -2.20. The molecule has 1 saturated carbocycles. The number of amides is 1. The average molecular weight is 403 g/mol. The number of aryl methyl sites for hydroxylation is 2. The van der Waals surface area contributed by atoms with Crippen molar-refractivity contribution in [1.29, 1.82) is 0 Å². The first-order chi connectivity index (χ1) is 14.5. The van der Waals surface area contributed by atoms with Crippen LogP contribution in [0.3, 0.4) is 0 Å². The summed E-state index contributed by atoms with van der Waals surface area (Å²) in [5.74, 6) is 3.88. The second-order valence-electron chi connectivity index (χ2n) is 8.42. The summed E-state index contributed by atoms with van der Waals surface area (Å²) in [6.45, 7) is 6.87. The molecule has 5 nitrogen and oxygen atoms in total. The van der Waals surface area contributed by atoms with Gasteiger partial charge >= 0.3 is 0 Å². The normalized spacial score (nSPS) is 18.1. The van der Waals surface area contributed by atoms with Gasteiger partial charge in [-0.15, -0.1) is 0 Å². The Bertz CT molecular complexity index is 1200. The van der Waals surface area contributed by atoms with Gasteiger partial charge in [0.25, 0.3) is 5.91 Å². The van der Waals surface area contributed by atoms with Crippen molar-refractivity contribution in [3.05, 3.63) is 82.9 Å². The Kier molecular flexibility index (Phi) is 4.54. The van der Waals surface area contributed by atoms with E-state index in [1.807, 2.05) is 56.3 Å². The van der Waals surface area contributed by atoms with E-state index in [-0.39, 0.29) is 5.91 Å². The fraction of sp³-hybridized carbons (Fsp3) is 0.320. The maximum atomic E-state index is 13.5. The molecule has 4 aromatic rings. The zero-order chi connectivity index (χ0) is 20.8. The molecule has 5 heteroatoms. The van der Waals surface area contributed by atoms with E-state index >= 15 is 0 Å². The van der Waals surface area contributed by atoms with E-state index < -0.39 is 0 Å². The van der Waals surface area contributed by atoms with Crippen LogP contribution in [0.2, 0.25) is 0 Å². The summed E-state index contributed by atoms with van der Waals surface area (Å²) in [7, 11) is 0. The Labute approximate surface area is 175 Å². The van der Waals surface area contributed by atoms with Crippen molar-refractivity contribution in [3.63, 3.8) is 0 Å². The smallest absolute Gasteiger partial charge is 0.290 e. The molecule has 0 bridgehead atoms. The maximum absolute atomic E-state index is 13.5. The van der Waals surface area contributed by atoms with Crippen molar-refractivity contribution in [3.8, 4) is 0 Å². The van der Waals surface area contributed by atoms with Crippen molar-refractivity contribution in [2.75, 3.05) is 0 Å². The fourth-order valence-electron chi connectivity index (χ4n) is 4.06. The van der Waals surface area contributed by atoms with Crippen LogP contribution in [-0.4, -0.2) is 10.8 Å². The maximum Gasteiger partial charge on any atom is 0.290 e. The summed E-state index contributed by atoms with van der Waals surface area (Å²) in [6.07, 6.45) is 2.78. The van der Waals surface area contributed by atoms with E-state index in [1.165, 1.54) is 6.42 Å². The first kappa shape index (κ1) is 18.8. The van der Waals surface area contributed by atoms with Gasteiger partial charge < -0.3 is 18.2 Å². The molecule has 1 aliphatic carbocycles. The van der Waals surface area contributed by atoms with Crippen LogP contribution in [0.15, 0.2) is 62.0 Å². The highest BCUT2D eigenvalue weighted by molar-refractivity contribution is 5.99. The van der Waals surface area contributed by atoms with Gasteiger partial charge in [-0.1, -0.05) is 19.1 Å². The summed E-state index contributed by atoms with van der Waals surface area (Å²) in [5.41, 5.74) is 2.68. The third-order valence-corrected chi connectivity index (χ3v) is 6.01. The highest BCUT2D eigenvalue weighted by Crippen LogP contribution is 2.47. The van der Waals surface area contributed by atoms with Gasteiger partial charge in [0.1, 0.15) is 22.9 Å². The SMILES string of the molecule is Cc1ccc2c(C)c(C(=O)N(Cc3ccco3)Cc3ccc(C4CC4C)o3)oc2c1. The van der Waals surface area contributed by atoms with Crippen molar-refractivity contribution in [1.82, 2.24) is 4.90 Å². The standard InChI is InChI=1S/C25H25NO4/c1-15-6-8-20-17(3)24(30-23(20)11-15)25(27)26(13-18-5-4-10-28-18)14-19-7-9-22(29-19)21-12-16(21)2/h4-11,16,21H,12-14H2,1-3H3. The minimum Gasteiger partial charge on any atom is -0.467 e. The monoisotopic (exact) mass is 403 g/mol. The zero-order valence-electron chi connectivity index (χ0n) is 17.5. The largest absolute Gasteiger partial charge is 0.467 e. The molecule has 2 unspecified atom stereocenters. The molecule has 154 valence electrons. The van der Waals surface area contributed by atoms with Crippen molar-refractivity contribution in [2.24, 2.45) is 5.92 Å². The fourth-order valence-corrected chi connectivity index (χ4v) is 4.06. The second-order valence-corrected chi connectivity index (χ2v) is 8.42. The minimum absolute atomic E-state index is 0.171. The first-order valence-electron chi connectivity index (χ1n) is 10.4. The highest BCUT2D eigenvalue weighted by atomic mass is 16.4. The molecule has 0 saturated heterocycles. The summed E-state index contributed by atoms with van der Waals surface area (Å²) < 4.78 is 17.6. The number of benzene rings is 1. The molecule has 5 rings (SSSR count). The first-order valence-corrected chi connectivity index (χ1v) is 10.4. The van der Waals surface area contributed by atoms with E-state index in [4.69, 9.17) is 13.3 Å². The molecule has 3 heterocycles. The number of carbonyl (C=O) groups excluding carboxylic acids is 1.